The molecule has 0 N–H and O–H groups in total. The van der Waals surface area contributed by atoms with Gasteiger partial charge in [-0.1, -0.05) is 107 Å². The predicted octanol–water partition coefficient (Wildman–Crippen LogP) is 8.69. The molecule has 5 rings (SSSR count). The fourth-order valence-corrected chi connectivity index (χ4v) is 3.81. The number of para-hydroxylation sites is 2. The van der Waals surface area contributed by atoms with Crippen LogP contribution in [0.25, 0.3) is 32.6 Å². The van der Waals surface area contributed by atoms with Crippen molar-refractivity contribution in [3.63, 3.8) is 0 Å². The van der Waals surface area contributed by atoms with Crippen molar-refractivity contribution in [1.29, 1.82) is 0 Å². The molecule has 0 aliphatic rings. The van der Waals surface area contributed by atoms with E-state index in [0.29, 0.717) is 5.92 Å². The van der Waals surface area contributed by atoms with Crippen LogP contribution in [0.15, 0.2) is 91.0 Å². The SMILES string of the molecule is CC.CC(C)c1cccc2ccccc12.Cc1c2ccccc2nc2ccccc12. The summed E-state index contributed by atoms with van der Waals surface area (Å²) >= 11 is 0. The summed E-state index contributed by atoms with van der Waals surface area (Å²) in [5, 5.41) is 5.22. The van der Waals surface area contributed by atoms with Gasteiger partial charge >= 0.3 is 0 Å². The molecular formula is C29H31N. The highest BCUT2D eigenvalue weighted by molar-refractivity contribution is 5.96. The van der Waals surface area contributed by atoms with E-state index < -0.39 is 0 Å². The first-order chi connectivity index (χ1) is 14.6. The topological polar surface area (TPSA) is 12.9 Å². The summed E-state index contributed by atoms with van der Waals surface area (Å²) in [6.07, 6.45) is 0. The van der Waals surface area contributed by atoms with Crippen LogP contribution in [-0.4, -0.2) is 4.98 Å². The first-order valence-corrected chi connectivity index (χ1v) is 10.9. The van der Waals surface area contributed by atoms with Crippen LogP contribution in [0.1, 0.15) is 44.7 Å². The second-order valence-corrected chi connectivity index (χ2v) is 7.49. The molecule has 0 bridgehead atoms. The van der Waals surface area contributed by atoms with Gasteiger partial charge < -0.3 is 0 Å². The molecule has 0 aliphatic heterocycles. The molecule has 0 saturated carbocycles. The van der Waals surface area contributed by atoms with Crippen molar-refractivity contribution in [2.75, 3.05) is 0 Å². The third-order valence-corrected chi connectivity index (χ3v) is 5.30. The van der Waals surface area contributed by atoms with Crippen LogP contribution in [-0.2, 0) is 0 Å². The summed E-state index contributed by atoms with van der Waals surface area (Å²) in [5.41, 5.74) is 4.91. The van der Waals surface area contributed by atoms with Gasteiger partial charge in [-0.25, -0.2) is 4.98 Å². The average molecular weight is 394 g/mol. The maximum Gasteiger partial charge on any atom is 0.0712 e. The highest BCUT2D eigenvalue weighted by Crippen LogP contribution is 2.25. The summed E-state index contributed by atoms with van der Waals surface area (Å²) in [6, 6.07) is 31.7. The molecular weight excluding hydrogens is 362 g/mol. The minimum absolute atomic E-state index is 0.603. The predicted molar refractivity (Wildman–Crippen MR) is 133 cm³/mol. The quantitative estimate of drug-likeness (QED) is 0.260. The van der Waals surface area contributed by atoms with Crippen molar-refractivity contribution in [2.45, 2.75) is 40.5 Å². The zero-order valence-corrected chi connectivity index (χ0v) is 18.7. The van der Waals surface area contributed by atoms with Gasteiger partial charge in [-0.2, -0.15) is 0 Å². The van der Waals surface area contributed by atoms with Gasteiger partial charge in [0.1, 0.15) is 0 Å². The zero-order chi connectivity index (χ0) is 21.5. The molecule has 1 aromatic heterocycles. The van der Waals surface area contributed by atoms with Crippen LogP contribution in [0.4, 0.5) is 0 Å². The average Bonchev–Trinajstić information content (AvgIpc) is 2.80. The third-order valence-electron chi connectivity index (χ3n) is 5.30. The Hall–Kier alpha value is -3.19. The number of rotatable bonds is 1. The lowest BCUT2D eigenvalue weighted by Gasteiger charge is -2.08. The van der Waals surface area contributed by atoms with E-state index in [1.54, 1.807) is 0 Å². The molecule has 0 spiro atoms. The Morgan fingerprint density at radius 2 is 1.03 bits per heavy atom. The molecule has 0 aliphatic carbocycles. The maximum atomic E-state index is 4.64. The van der Waals surface area contributed by atoms with E-state index in [1.807, 2.05) is 26.0 Å². The number of fused-ring (bicyclic) bond motifs is 3. The van der Waals surface area contributed by atoms with E-state index in [0.717, 1.165) is 11.0 Å². The number of aromatic nitrogens is 1. The lowest BCUT2D eigenvalue weighted by Crippen LogP contribution is -1.88. The highest BCUT2D eigenvalue weighted by Gasteiger charge is 2.04. The molecule has 1 heterocycles. The molecule has 0 atom stereocenters. The summed E-state index contributed by atoms with van der Waals surface area (Å²) in [5.74, 6) is 0.603. The second-order valence-electron chi connectivity index (χ2n) is 7.49. The van der Waals surface area contributed by atoms with E-state index in [-0.39, 0.29) is 0 Å². The second kappa shape index (κ2) is 10.0. The lowest BCUT2D eigenvalue weighted by atomic mass is 9.96. The van der Waals surface area contributed by atoms with Gasteiger partial charge in [-0.3, -0.25) is 0 Å². The molecule has 30 heavy (non-hydrogen) atoms. The number of hydrogen-bond donors (Lipinski definition) is 0. The van der Waals surface area contributed by atoms with Crippen LogP contribution in [0, 0.1) is 6.92 Å². The first kappa shape index (κ1) is 21.5. The van der Waals surface area contributed by atoms with Gasteiger partial charge in [0.2, 0.25) is 0 Å². The van der Waals surface area contributed by atoms with Crippen LogP contribution in [0.2, 0.25) is 0 Å². The van der Waals surface area contributed by atoms with Crippen LogP contribution in [0.5, 0.6) is 0 Å². The fraction of sp³-hybridized carbons (Fsp3) is 0.207. The maximum absolute atomic E-state index is 4.64. The van der Waals surface area contributed by atoms with Gasteiger partial charge in [-0.15, -0.1) is 0 Å². The van der Waals surface area contributed by atoms with Crippen molar-refractivity contribution in [3.05, 3.63) is 102 Å². The number of aryl methyl sites for hydroxylation is 1. The molecule has 152 valence electrons. The van der Waals surface area contributed by atoms with Crippen LogP contribution >= 0.6 is 0 Å². The summed E-state index contributed by atoms with van der Waals surface area (Å²) < 4.78 is 0. The molecule has 0 unspecified atom stereocenters. The van der Waals surface area contributed by atoms with Crippen molar-refractivity contribution in [2.24, 2.45) is 0 Å². The first-order valence-electron chi connectivity index (χ1n) is 10.9. The van der Waals surface area contributed by atoms with Gasteiger partial charge in [0.25, 0.3) is 0 Å². The number of pyridine rings is 1. The van der Waals surface area contributed by atoms with Gasteiger partial charge in [-0.05, 0) is 46.9 Å². The van der Waals surface area contributed by atoms with Crippen molar-refractivity contribution in [3.8, 4) is 0 Å². The lowest BCUT2D eigenvalue weighted by molar-refractivity contribution is 0.876. The Morgan fingerprint density at radius 1 is 0.567 bits per heavy atom. The Balaban J connectivity index is 0.000000159. The van der Waals surface area contributed by atoms with E-state index in [4.69, 9.17) is 0 Å². The minimum Gasteiger partial charge on any atom is -0.248 e. The summed E-state index contributed by atoms with van der Waals surface area (Å²) in [6.45, 7) is 10.6. The fourth-order valence-electron chi connectivity index (χ4n) is 3.81. The van der Waals surface area contributed by atoms with E-state index in [1.165, 1.54) is 32.7 Å². The minimum atomic E-state index is 0.603. The summed E-state index contributed by atoms with van der Waals surface area (Å²) in [4.78, 5) is 4.64. The molecule has 5 aromatic rings. The Kier molecular flexibility index (Phi) is 7.19. The molecule has 0 radical (unpaired) electrons. The van der Waals surface area contributed by atoms with E-state index in [9.17, 15) is 0 Å². The van der Waals surface area contributed by atoms with Crippen molar-refractivity contribution >= 4 is 32.6 Å². The molecule has 1 nitrogen and oxygen atoms in total. The van der Waals surface area contributed by atoms with Gasteiger partial charge in [0.15, 0.2) is 0 Å². The van der Waals surface area contributed by atoms with Crippen LogP contribution in [0.3, 0.4) is 0 Å². The summed E-state index contributed by atoms with van der Waals surface area (Å²) in [7, 11) is 0. The standard InChI is InChI=1S/C14H11N.C13H14.C2H6/c1-10-11-6-2-4-8-13(11)15-14-9-5-3-7-12(10)14;1-10(2)12-9-5-7-11-6-3-4-8-13(11)12;1-2/h2-9H,1H3;3-10H,1-2H3;1-2H3. The van der Waals surface area contributed by atoms with Crippen molar-refractivity contribution < 1.29 is 0 Å². The normalized spacial score (nSPS) is 10.5. The molecule has 0 fully saturated rings. The molecule has 0 saturated heterocycles. The molecule has 4 aromatic carbocycles. The number of benzene rings is 4. The molecule has 1 heteroatoms. The number of nitrogens with zero attached hydrogens (tertiary/aromatic N) is 1. The third kappa shape index (κ3) is 4.52. The van der Waals surface area contributed by atoms with E-state index in [2.05, 4.69) is 105 Å². The van der Waals surface area contributed by atoms with Gasteiger partial charge in [0, 0.05) is 10.8 Å². The molecule has 0 amide bonds. The van der Waals surface area contributed by atoms with Gasteiger partial charge in [0.05, 0.1) is 11.0 Å². The van der Waals surface area contributed by atoms with E-state index >= 15 is 0 Å². The monoisotopic (exact) mass is 393 g/mol. The Morgan fingerprint density at radius 3 is 1.60 bits per heavy atom. The Bertz CT molecular complexity index is 1190. The van der Waals surface area contributed by atoms with Crippen molar-refractivity contribution in [1.82, 2.24) is 4.98 Å². The van der Waals surface area contributed by atoms with Crippen LogP contribution < -0.4 is 0 Å². The largest absolute Gasteiger partial charge is 0.248 e. The number of hydrogen-bond acceptors (Lipinski definition) is 1. The zero-order valence-electron chi connectivity index (χ0n) is 18.7. The Labute approximate surface area is 180 Å². The smallest absolute Gasteiger partial charge is 0.0712 e. The highest BCUT2D eigenvalue weighted by atomic mass is 14.7.